The minimum Gasteiger partial charge on any atom is -0.457 e. The molecule has 0 unspecified atom stereocenters. The van der Waals surface area contributed by atoms with Crippen LogP contribution in [-0.4, -0.2) is 14.1 Å². The average Bonchev–Trinajstić information content (AvgIpc) is 3.57. The lowest BCUT2D eigenvalue weighted by Gasteiger charge is -2.21. The van der Waals surface area contributed by atoms with Crippen molar-refractivity contribution >= 4 is 32.8 Å². The summed E-state index contributed by atoms with van der Waals surface area (Å²) in [6.45, 7) is 20.3. The molecule has 7 aromatic rings. The van der Waals surface area contributed by atoms with Gasteiger partial charge in [-0.3, -0.25) is 4.57 Å². The minimum absolute atomic E-state index is 0.00348. The summed E-state index contributed by atoms with van der Waals surface area (Å²) in [6, 6.07) is 34.4. The molecule has 3 aromatic heterocycles. The van der Waals surface area contributed by atoms with Gasteiger partial charge in [0.15, 0.2) is 11.0 Å². The summed E-state index contributed by atoms with van der Waals surface area (Å²) in [5.41, 5.74) is 8.12. The molecular formula is C42H45N4O+. The zero-order valence-electron chi connectivity index (χ0n) is 29.1. The largest absolute Gasteiger partial charge is 0.457 e. The fourth-order valence-electron chi connectivity index (χ4n) is 6.67. The molecular weight excluding hydrogens is 576 g/mol. The first-order valence-corrected chi connectivity index (χ1v) is 16.6. The van der Waals surface area contributed by atoms with E-state index in [1.807, 2.05) is 12.3 Å². The Hall–Kier alpha value is -4.90. The fraction of sp³-hybridized carbons (Fsp3) is 0.286. The third-order valence-electron chi connectivity index (χ3n) is 9.10. The van der Waals surface area contributed by atoms with Crippen LogP contribution in [-0.2, 0) is 16.4 Å². The van der Waals surface area contributed by atoms with E-state index >= 15 is 0 Å². The summed E-state index contributed by atoms with van der Waals surface area (Å²) in [5, 5.41) is 2.46. The monoisotopic (exact) mass is 621 g/mol. The number of ether oxygens (including phenoxy) is 1. The number of aromatic nitrogens is 4. The summed E-state index contributed by atoms with van der Waals surface area (Å²) in [6.07, 6.45) is 4.13. The van der Waals surface area contributed by atoms with E-state index in [1.165, 1.54) is 27.4 Å². The van der Waals surface area contributed by atoms with Gasteiger partial charge in [-0.1, -0.05) is 71.9 Å². The van der Waals surface area contributed by atoms with Crippen LogP contribution in [0.2, 0.25) is 0 Å². The molecule has 4 aromatic carbocycles. The number of imidazole rings is 1. The molecule has 0 spiro atoms. The van der Waals surface area contributed by atoms with E-state index in [0.717, 1.165) is 39.6 Å². The molecule has 0 aliphatic carbocycles. The van der Waals surface area contributed by atoms with E-state index in [1.54, 1.807) is 0 Å². The van der Waals surface area contributed by atoms with Crippen LogP contribution in [0.1, 0.15) is 73.4 Å². The smallest absolute Gasteiger partial charge is 0.250 e. The van der Waals surface area contributed by atoms with Crippen LogP contribution in [0.5, 0.6) is 11.5 Å². The highest BCUT2D eigenvalue weighted by atomic mass is 16.5. The molecule has 5 heteroatoms. The molecule has 0 saturated heterocycles. The topological polar surface area (TPSA) is 35.9 Å². The van der Waals surface area contributed by atoms with E-state index in [4.69, 9.17) is 9.72 Å². The van der Waals surface area contributed by atoms with Crippen molar-refractivity contribution < 1.29 is 9.30 Å². The molecule has 0 atom stereocenters. The van der Waals surface area contributed by atoms with Crippen LogP contribution in [0, 0.1) is 0 Å². The van der Waals surface area contributed by atoms with Gasteiger partial charge in [-0.25, -0.2) is 9.55 Å². The Kier molecular flexibility index (Phi) is 7.09. The Bertz CT molecular complexity index is 2280. The van der Waals surface area contributed by atoms with Crippen molar-refractivity contribution in [3.63, 3.8) is 0 Å². The molecule has 0 amide bonds. The molecule has 0 fully saturated rings. The second-order valence-corrected chi connectivity index (χ2v) is 15.7. The van der Waals surface area contributed by atoms with Gasteiger partial charge in [0.1, 0.15) is 28.5 Å². The number of fused-ring (bicyclic) bond motifs is 4. The van der Waals surface area contributed by atoms with Crippen molar-refractivity contribution in [2.24, 2.45) is 0 Å². The van der Waals surface area contributed by atoms with Gasteiger partial charge in [-0.15, -0.1) is 0 Å². The van der Waals surface area contributed by atoms with E-state index in [2.05, 4.69) is 173 Å². The van der Waals surface area contributed by atoms with Crippen molar-refractivity contribution in [3.05, 3.63) is 121 Å². The number of benzene rings is 4. The SMILES string of the molecule is CC(C)(C)c1ccnc(-n2c3cc(Oc4cccc(-n5c[n+](C(C)(C)C)c6ccccc65)c4)ccc3c3c(C(C)(C)C)cccc32)c1. The first-order valence-electron chi connectivity index (χ1n) is 16.6. The molecule has 3 heterocycles. The van der Waals surface area contributed by atoms with Crippen molar-refractivity contribution in [2.75, 3.05) is 0 Å². The summed E-state index contributed by atoms with van der Waals surface area (Å²) in [5.74, 6) is 2.48. The number of rotatable bonds is 4. The van der Waals surface area contributed by atoms with Crippen LogP contribution < -0.4 is 9.30 Å². The lowest BCUT2D eigenvalue weighted by atomic mass is 9.84. The van der Waals surface area contributed by atoms with Crippen molar-refractivity contribution in [1.29, 1.82) is 0 Å². The Labute approximate surface area is 278 Å². The first-order chi connectivity index (χ1) is 22.2. The summed E-state index contributed by atoms with van der Waals surface area (Å²) in [4.78, 5) is 4.91. The van der Waals surface area contributed by atoms with E-state index in [-0.39, 0.29) is 16.4 Å². The van der Waals surface area contributed by atoms with Gasteiger partial charge >= 0.3 is 0 Å². The molecule has 0 aliphatic rings. The Morgan fingerprint density at radius 2 is 1.36 bits per heavy atom. The fourth-order valence-corrected chi connectivity index (χ4v) is 6.67. The van der Waals surface area contributed by atoms with Crippen LogP contribution in [0.15, 0.2) is 110 Å². The predicted octanol–water partition coefficient (Wildman–Crippen LogP) is 10.6. The van der Waals surface area contributed by atoms with Gasteiger partial charge in [-0.05, 0) is 97.3 Å². The molecule has 5 nitrogen and oxygen atoms in total. The standard InChI is InChI=1S/C42H45N4O/c1-40(2,3)28-22-23-43-38(24-28)46-36-19-13-16-33(41(4,5)6)39(36)32-21-20-31(26-37(32)46)47-30-15-12-14-29(25-30)44-27-45(42(7,8)9)35-18-11-10-17-34(35)44/h10-27H,1-9H3/q+1. The maximum absolute atomic E-state index is 6.64. The third kappa shape index (κ3) is 5.48. The van der Waals surface area contributed by atoms with Gasteiger partial charge < -0.3 is 4.74 Å². The zero-order chi connectivity index (χ0) is 33.3. The van der Waals surface area contributed by atoms with Gasteiger partial charge in [0.05, 0.1) is 11.0 Å². The quantitative estimate of drug-likeness (QED) is 0.183. The van der Waals surface area contributed by atoms with E-state index < -0.39 is 0 Å². The van der Waals surface area contributed by atoms with Gasteiger partial charge in [0, 0.05) is 29.1 Å². The second kappa shape index (κ2) is 10.8. The van der Waals surface area contributed by atoms with E-state index in [9.17, 15) is 0 Å². The Balaban J connectivity index is 1.37. The molecule has 47 heavy (non-hydrogen) atoms. The van der Waals surface area contributed by atoms with Crippen LogP contribution in [0.25, 0.3) is 44.3 Å². The van der Waals surface area contributed by atoms with Gasteiger partial charge in [-0.2, -0.15) is 4.57 Å². The van der Waals surface area contributed by atoms with Crippen molar-refractivity contribution in [1.82, 2.24) is 14.1 Å². The maximum Gasteiger partial charge on any atom is 0.250 e. The Morgan fingerprint density at radius 1 is 0.638 bits per heavy atom. The highest BCUT2D eigenvalue weighted by Gasteiger charge is 2.27. The van der Waals surface area contributed by atoms with Crippen LogP contribution >= 0.6 is 0 Å². The molecule has 0 saturated carbocycles. The Morgan fingerprint density at radius 3 is 2.11 bits per heavy atom. The number of hydrogen-bond acceptors (Lipinski definition) is 2. The highest BCUT2D eigenvalue weighted by molar-refractivity contribution is 6.11. The summed E-state index contributed by atoms with van der Waals surface area (Å²) in [7, 11) is 0. The lowest BCUT2D eigenvalue weighted by Crippen LogP contribution is -2.49. The first kappa shape index (κ1) is 30.7. The number of pyridine rings is 1. The van der Waals surface area contributed by atoms with Crippen molar-refractivity contribution in [3.8, 4) is 23.0 Å². The van der Waals surface area contributed by atoms with Gasteiger partial charge in [0.25, 0.3) is 0 Å². The normalized spacial score (nSPS) is 12.8. The maximum atomic E-state index is 6.64. The molecule has 238 valence electrons. The molecule has 0 N–H and O–H groups in total. The second-order valence-electron chi connectivity index (χ2n) is 15.7. The zero-order valence-corrected chi connectivity index (χ0v) is 29.1. The molecule has 0 aliphatic heterocycles. The van der Waals surface area contributed by atoms with E-state index in [0.29, 0.717) is 0 Å². The third-order valence-corrected chi connectivity index (χ3v) is 9.10. The summed E-state index contributed by atoms with van der Waals surface area (Å²) >= 11 is 0. The van der Waals surface area contributed by atoms with Gasteiger partial charge in [0.2, 0.25) is 6.33 Å². The highest BCUT2D eigenvalue weighted by Crippen LogP contribution is 2.40. The number of hydrogen-bond donors (Lipinski definition) is 0. The minimum atomic E-state index is -0.0546. The predicted molar refractivity (Wildman–Crippen MR) is 195 cm³/mol. The van der Waals surface area contributed by atoms with Crippen LogP contribution in [0.4, 0.5) is 0 Å². The summed E-state index contributed by atoms with van der Waals surface area (Å²) < 4.78 is 13.5. The number of nitrogens with zero attached hydrogens (tertiary/aromatic N) is 4. The molecule has 7 rings (SSSR count). The molecule has 0 radical (unpaired) electrons. The van der Waals surface area contributed by atoms with Crippen LogP contribution in [0.3, 0.4) is 0 Å². The average molecular weight is 622 g/mol. The van der Waals surface area contributed by atoms with Crippen molar-refractivity contribution in [2.45, 2.75) is 78.7 Å². The lowest BCUT2D eigenvalue weighted by molar-refractivity contribution is -0.731. The molecule has 0 bridgehead atoms. The number of para-hydroxylation sites is 2.